The number of nitrogens with zero attached hydrogens (tertiary/aromatic N) is 5. The second kappa shape index (κ2) is 8.08. The number of aromatic nitrogens is 3. The molecule has 3 saturated carbocycles. The molecule has 0 unspecified atom stereocenters. The number of likely N-dealkylation sites (tertiary alicyclic amines) is 1. The quantitative estimate of drug-likeness (QED) is 0.628. The third kappa shape index (κ3) is 3.38. The van der Waals surface area contributed by atoms with Crippen LogP contribution in [0, 0.1) is 24.7 Å². The van der Waals surface area contributed by atoms with Crippen LogP contribution in [0.3, 0.4) is 0 Å². The van der Waals surface area contributed by atoms with Gasteiger partial charge in [0.05, 0.1) is 16.9 Å². The number of hydrogen-bond acceptors (Lipinski definition) is 6. The topological polar surface area (TPSA) is 73.1 Å². The molecular formula is C27H39N7. The van der Waals surface area contributed by atoms with Crippen LogP contribution >= 0.6 is 0 Å². The van der Waals surface area contributed by atoms with Gasteiger partial charge in [-0.1, -0.05) is 0 Å². The molecule has 7 heteroatoms. The molecule has 34 heavy (non-hydrogen) atoms. The van der Waals surface area contributed by atoms with Gasteiger partial charge in [-0.3, -0.25) is 9.58 Å². The van der Waals surface area contributed by atoms with Crippen molar-refractivity contribution in [2.24, 2.45) is 5.41 Å². The summed E-state index contributed by atoms with van der Waals surface area (Å²) >= 11 is 0. The number of fused-ring (bicyclic) bond motifs is 4. The molecule has 2 bridgehead atoms. The van der Waals surface area contributed by atoms with Crippen LogP contribution in [0.15, 0.2) is 6.07 Å². The highest BCUT2D eigenvalue weighted by molar-refractivity contribution is 5.92. The fraction of sp³-hybridized carbons (Fsp3) is 0.667. The lowest BCUT2D eigenvalue weighted by Crippen LogP contribution is -2.61. The molecule has 7 nitrogen and oxygen atoms in total. The van der Waals surface area contributed by atoms with E-state index in [2.05, 4.69) is 37.8 Å². The van der Waals surface area contributed by atoms with E-state index in [0.29, 0.717) is 11.0 Å². The van der Waals surface area contributed by atoms with E-state index in [0.717, 1.165) is 48.8 Å². The lowest BCUT2D eigenvalue weighted by Gasteiger charge is -2.60. The van der Waals surface area contributed by atoms with E-state index in [-0.39, 0.29) is 0 Å². The fourth-order valence-electron chi connectivity index (χ4n) is 7.32. The molecule has 5 aliphatic rings. The Morgan fingerprint density at radius 1 is 1.09 bits per heavy atom. The van der Waals surface area contributed by atoms with Crippen molar-refractivity contribution >= 4 is 17.7 Å². The molecule has 4 fully saturated rings. The molecule has 2 aromatic rings. The Bertz CT molecular complexity index is 1090. The monoisotopic (exact) mass is 461 g/mol. The third-order valence-corrected chi connectivity index (χ3v) is 9.60. The Hall–Kier alpha value is -2.41. The first-order valence-electron chi connectivity index (χ1n) is 13.2. The molecule has 0 aromatic carbocycles. The van der Waals surface area contributed by atoms with E-state index in [1.165, 1.54) is 81.2 Å². The maximum Gasteiger partial charge on any atom is 0.136 e. The summed E-state index contributed by atoms with van der Waals surface area (Å²) in [7, 11) is 1.88. The van der Waals surface area contributed by atoms with Gasteiger partial charge in [0.2, 0.25) is 0 Å². The van der Waals surface area contributed by atoms with Crippen molar-refractivity contribution in [3.8, 4) is 0 Å². The van der Waals surface area contributed by atoms with E-state index in [1.54, 1.807) is 0 Å². The maximum absolute atomic E-state index is 8.00. The van der Waals surface area contributed by atoms with E-state index in [9.17, 15) is 0 Å². The number of aryl methyl sites for hydroxylation is 2. The molecule has 0 amide bonds. The van der Waals surface area contributed by atoms with Gasteiger partial charge in [-0.05, 0) is 83.4 Å². The minimum Gasteiger partial charge on any atom is -0.373 e. The summed E-state index contributed by atoms with van der Waals surface area (Å²) in [6, 6.07) is 2.12. The van der Waals surface area contributed by atoms with Crippen LogP contribution in [0.2, 0.25) is 0 Å². The van der Waals surface area contributed by atoms with Gasteiger partial charge in [0.15, 0.2) is 0 Å². The van der Waals surface area contributed by atoms with Gasteiger partial charge in [-0.25, -0.2) is 4.98 Å². The van der Waals surface area contributed by atoms with Gasteiger partial charge in [-0.2, -0.15) is 5.10 Å². The van der Waals surface area contributed by atoms with Gasteiger partial charge >= 0.3 is 0 Å². The number of pyridine rings is 1. The van der Waals surface area contributed by atoms with Crippen molar-refractivity contribution in [3.05, 3.63) is 34.3 Å². The van der Waals surface area contributed by atoms with Crippen LogP contribution in [0.4, 0.5) is 11.5 Å². The van der Waals surface area contributed by atoms with Crippen molar-refractivity contribution in [1.82, 2.24) is 19.7 Å². The number of anilines is 2. The smallest absolute Gasteiger partial charge is 0.136 e. The summed E-state index contributed by atoms with van der Waals surface area (Å²) in [5.74, 6) is 0.784. The summed E-state index contributed by atoms with van der Waals surface area (Å²) in [6.07, 6.45) is 12.1. The van der Waals surface area contributed by atoms with Crippen LogP contribution in [-0.2, 0) is 19.5 Å². The van der Waals surface area contributed by atoms with Crippen LogP contribution < -0.4 is 10.2 Å². The molecule has 7 rings (SSSR count). The Kier molecular flexibility index (Phi) is 5.24. The van der Waals surface area contributed by atoms with Gasteiger partial charge in [-0.15, -0.1) is 0 Å². The molecule has 0 spiro atoms. The summed E-state index contributed by atoms with van der Waals surface area (Å²) in [4.78, 5) is 9.80. The minimum absolute atomic E-state index is 0.452. The highest BCUT2D eigenvalue weighted by Crippen LogP contribution is 2.56. The zero-order valence-electron chi connectivity index (χ0n) is 21.1. The fourth-order valence-corrected chi connectivity index (χ4v) is 7.32. The van der Waals surface area contributed by atoms with E-state index < -0.39 is 0 Å². The molecule has 2 aromatic heterocycles. The second-order valence-electron chi connectivity index (χ2n) is 11.3. The lowest BCUT2D eigenvalue weighted by molar-refractivity contribution is -0.0864. The predicted molar refractivity (Wildman–Crippen MR) is 137 cm³/mol. The van der Waals surface area contributed by atoms with Gasteiger partial charge in [0.1, 0.15) is 5.82 Å². The van der Waals surface area contributed by atoms with Gasteiger partial charge in [0, 0.05) is 61.8 Å². The zero-order chi connectivity index (χ0) is 23.5. The summed E-state index contributed by atoms with van der Waals surface area (Å²) in [5, 5.41) is 16.3. The Balaban J connectivity index is 1.23. The lowest BCUT2D eigenvalue weighted by atomic mass is 9.56. The average molecular weight is 462 g/mol. The number of nitrogens with one attached hydrogen (secondary N) is 2. The average Bonchev–Trinajstić information content (AvgIpc) is 3.12. The van der Waals surface area contributed by atoms with Crippen molar-refractivity contribution in [2.75, 3.05) is 36.9 Å². The standard InChI is InChI=1S/C27H39N7/c1-19-15-24(21(16-28)25(29-3)30-19)32-14-5-23-22(17-32)20(2)31-34(23)18-26-6-9-27(10-7-26,11-8-26)33-12-4-13-33/h15-16,28H,4-14,17-18H2,1-3H3,(H,29,30). The normalized spacial score (nSPS) is 28.5. The van der Waals surface area contributed by atoms with Crippen molar-refractivity contribution in [2.45, 2.75) is 83.8 Å². The maximum atomic E-state index is 8.00. The van der Waals surface area contributed by atoms with E-state index in [1.807, 2.05) is 14.0 Å². The van der Waals surface area contributed by atoms with E-state index in [4.69, 9.17) is 10.5 Å². The third-order valence-electron chi connectivity index (χ3n) is 9.60. The van der Waals surface area contributed by atoms with Crippen molar-refractivity contribution in [1.29, 1.82) is 5.41 Å². The van der Waals surface area contributed by atoms with Crippen molar-refractivity contribution in [3.63, 3.8) is 0 Å². The Labute approximate surface area is 203 Å². The van der Waals surface area contributed by atoms with Crippen LogP contribution in [0.5, 0.6) is 0 Å². The summed E-state index contributed by atoms with van der Waals surface area (Å²) in [5.41, 5.74) is 7.96. The van der Waals surface area contributed by atoms with Gasteiger partial charge < -0.3 is 15.6 Å². The molecule has 182 valence electrons. The van der Waals surface area contributed by atoms with Crippen LogP contribution in [-0.4, -0.2) is 58.1 Å². The van der Waals surface area contributed by atoms with Gasteiger partial charge in [0.25, 0.3) is 0 Å². The molecule has 1 saturated heterocycles. The van der Waals surface area contributed by atoms with E-state index >= 15 is 0 Å². The van der Waals surface area contributed by atoms with Crippen LogP contribution in [0.25, 0.3) is 0 Å². The molecule has 0 atom stereocenters. The molecule has 4 heterocycles. The minimum atomic E-state index is 0.452. The first kappa shape index (κ1) is 22.1. The first-order chi connectivity index (χ1) is 16.5. The molecule has 2 N–H and O–H groups in total. The first-order valence-corrected chi connectivity index (χ1v) is 13.2. The Morgan fingerprint density at radius 2 is 1.82 bits per heavy atom. The predicted octanol–water partition coefficient (Wildman–Crippen LogP) is 4.30. The summed E-state index contributed by atoms with van der Waals surface area (Å²) in [6.45, 7) is 9.80. The molecular weight excluding hydrogens is 422 g/mol. The summed E-state index contributed by atoms with van der Waals surface area (Å²) < 4.78 is 2.40. The molecule has 3 aliphatic carbocycles. The number of hydrogen-bond donors (Lipinski definition) is 2. The SMILES string of the molecule is CNc1nc(C)cc(N2CCc3c(c(C)nn3CC34CCC(N5CCC5)(CC3)CC4)C2)c1C=N. The highest BCUT2D eigenvalue weighted by atomic mass is 15.3. The highest BCUT2D eigenvalue weighted by Gasteiger charge is 2.52. The zero-order valence-corrected chi connectivity index (χ0v) is 21.1. The number of rotatable bonds is 6. The van der Waals surface area contributed by atoms with Crippen LogP contribution in [0.1, 0.15) is 73.2 Å². The largest absolute Gasteiger partial charge is 0.373 e. The molecule has 2 aliphatic heterocycles. The molecule has 0 radical (unpaired) electrons. The Morgan fingerprint density at radius 3 is 2.44 bits per heavy atom. The van der Waals surface area contributed by atoms with Crippen molar-refractivity contribution < 1.29 is 0 Å². The second-order valence-corrected chi connectivity index (χ2v) is 11.3.